The van der Waals surface area contributed by atoms with Crippen LogP contribution in [0.5, 0.6) is 11.5 Å². The molecule has 1 saturated heterocycles. The summed E-state index contributed by atoms with van der Waals surface area (Å²) in [6.07, 6.45) is 3.13. The number of nitrogens with zero attached hydrogens (tertiary/aromatic N) is 1. The second kappa shape index (κ2) is 9.95. The molecule has 5 nitrogen and oxygen atoms in total. The van der Waals surface area contributed by atoms with Crippen LogP contribution in [0.4, 0.5) is 9.18 Å². The van der Waals surface area contributed by atoms with Crippen LogP contribution in [0, 0.1) is 5.82 Å². The van der Waals surface area contributed by atoms with Gasteiger partial charge in [-0.2, -0.15) is 0 Å². The molecule has 2 aromatic rings. The van der Waals surface area contributed by atoms with Crippen LogP contribution >= 0.6 is 27.7 Å². The van der Waals surface area contributed by atoms with Gasteiger partial charge in [-0.25, -0.2) is 4.39 Å². The van der Waals surface area contributed by atoms with Gasteiger partial charge < -0.3 is 9.47 Å². The number of ether oxygens (including phenoxy) is 2. The molecular formula is C22H19BrFNO4S. The molecule has 1 aliphatic heterocycles. The molecule has 0 atom stereocenters. The van der Waals surface area contributed by atoms with Gasteiger partial charge in [0.1, 0.15) is 12.4 Å². The zero-order valence-electron chi connectivity index (χ0n) is 16.2. The highest BCUT2D eigenvalue weighted by Crippen LogP contribution is 2.38. The lowest BCUT2D eigenvalue weighted by molar-refractivity contribution is -0.122. The number of amides is 2. The second-order valence-corrected chi connectivity index (χ2v) is 8.06. The van der Waals surface area contributed by atoms with E-state index in [1.165, 1.54) is 12.1 Å². The van der Waals surface area contributed by atoms with E-state index in [1.807, 2.05) is 6.92 Å². The molecule has 2 amide bonds. The molecule has 0 radical (unpaired) electrons. The van der Waals surface area contributed by atoms with Gasteiger partial charge in [0, 0.05) is 16.6 Å². The highest BCUT2D eigenvalue weighted by atomic mass is 79.9. The molecule has 30 heavy (non-hydrogen) atoms. The Hall–Kier alpha value is -2.58. The summed E-state index contributed by atoms with van der Waals surface area (Å²) >= 11 is 4.35. The number of carbonyl (C=O) groups is 2. The van der Waals surface area contributed by atoms with Crippen molar-refractivity contribution < 1.29 is 23.5 Å². The third kappa shape index (κ3) is 4.94. The van der Waals surface area contributed by atoms with E-state index in [0.29, 0.717) is 38.6 Å². The Bertz CT molecular complexity index is 1020. The van der Waals surface area contributed by atoms with E-state index < -0.39 is 0 Å². The Morgan fingerprint density at radius 3 is 2.63 bits per heavy atom. The molecular weight excluding hydrogens is 473 g/mol. The van der Waals surface area contributed by atoms with Gasteiger partial charge in [-0.15, -0.1) is 6.58 Å². The summed E-state index contributed by atoms with van der Waals surface area (Å²) in [4.78, 5) is 25.9. The van der Waals surface area contributed by atoms with E-state index in [9.17, 15) is 14.0 Å². The number of thioether (sulfide) groups is 1. The van der Waals surface area contributed by atoms with Crippen LogP contribution in [0.3, 0.4) is 0 Å². The van der Waals surface area contributed by atoms with Gasteiger partial charge in [0.15, 0.2) is 11.5 Å². The number of hydrogen-bond acceptors (Lipinski definition) is 5. The number of benzene rings is 2. The van der Waals surface area contributed by atoms with Crippen molar-refractivity contribution in [2.45, 2.75) is 13.5 Å². The number of carbonyl (C=O) groups excluding carboxylic acids is 2. The molecule has 0 aromatic heterocycles. The first-order valence-corrected chi connectivity index (χ1v) is 10.7. The number of halogens is 2. The molecule has 0 N–H and O–H groups in total. The fourth-order valence-corrected chi connectivity index (χ4v) is 4.02. The Labute approximate surface area is 186 Å². The highest BCUT2D eigenvalue weighted by Gasteiger charge is 2.34. The Morgan fingerprint density at radius 1 is 1.20 bits per heavy atom. The maximum atomic E-state index is 13.9. The minimum atomic E-state index is -0.366. The molecule has 0 spiro atoms. The lowest BCUT2D eigenvalue weighted by Gasteiger charge is -2.14. The minimum absolute atomic E-state index is 0.0407. The predicted molar refractivity (Wildman–Crippen MR) is 119 cm³/mol. The molecule has 0 saturated carbocycles. The fraction of sp³-hybridized carbons (Fsp3) is 0.182. The zero-order valence-corrected chi connectivity index (χ0v) is 18.6. The summed E-state index contributed by atoms with van der Waals surface area (Å²) < 4.78 is 26.0. The van der Waals surface area contributed by atoms with Crippen molar-refractivity contribution in [2.75, 3.05) is 13.2 Å². The molecule has 1 aliphatic rings. The van der Waals surface area contributed by atoms with E-state index in [2.05, 4.69) is 22.5 Å². The molecule has 8 heteroatoms. The first-order valence-electron chi connectivity index (χ1n) is 9.13. The summed E-state index contributed by atoms with van der Waals surface area (Å²) in [5, 5.41) is -0.336. The second-order valence-electron chi connectivity index (χ2n) is 6.21. The predicted octanol–water partition coefficient (Wildman–Crippen LogP) is 5.79. The van der Waals surface area contributed by atoms with Gasteiger partial charge in [-0.1, -0.05) is 40.2 Å². The summed E-state index contributed by atoms with van der Waals surface area (Å²) in [6, 6.07) is 9.80. The SMILES string of the molecule is C=CCN1C(=O)S/C(=C/c2cc(OCC)c(OCc3ccccc3F)cc2Br)C1=O. The lowest BCUT2D eigenvalue weighted by atomic mass is 10.1. The Morgan fingerprint density at radius 2 is 1.93 bits per heavy atom. The molecule has 0 bridgehead atoms. The van der Waals surface area contributed by atoms with Crippen LogP contribution < -0.4 is 9.47 Å². The smallest absolute Gasteiger partial charge is 0.293 e. The highest BCUT2D eigenvalue weighted by molar-refractivity contribution is 9.10. The molecule has 1 heterocycles. The third-order valence-corrected chi connectivity index (χ3v) is 5.77. The summed E-state index contributed by atoms with van der Waals surface area (Å²) in [6.45, 7) is 6.00. The normalized spacial score (nSPS) is 15.0. The van der Waals surface area contributed by atoms with Crippen molar-refractivity contribution in [3.8, 4) is 11.5 Å². The summed E-state index contributed by atoms with van der Waals surface area (Å²) in [5.41, 5.74) is 1.08. The number of rotatable bonds is 8. The van der Waals surface area contributed by atoms with Gasteiger partial charge in [-0.3, -0.25) is 14.5 Å². The average Bonchev–Trinajstić information content (AvgIpc) is 2.98. The van der Waals surface area contributed by atoms with Crippen LogP contribution in [-0.2, 0) is 11.4 Å². The maximum absolute atomic E-state index is 13.9. The van der Waals surface area contributed by atoms with Crippen LogP contribution in [0.25, 0.3) is 6.08 Å². The van der Waals surface area contributed by atoms with Gasteiger partial charge in [0.25, 0.3) is 11.1 Å². The third-order valence-electron chi connectivity index (χ3n) is 4.18. The Balaban J connectivity index is 1.88. The molecule has 0 aliphatic carbocycles. The zero-order chi connectivity index (χ0) is 21.7. The van der Waals surface area contributed by atoms with Crippen molar-refractivity contribution in [3.05, 3.63) is 75.4 Å². The van der Waals surface area contributed by atoms with Crippen molar-refractivity contribution >= 4 is 44.9 Å². The molecule has 0 unspecified atom stereocenters. The van der Waals surface area contributed by atoms with Crippen molar-refractivity contribution in [1.82, 2.24) is 4.90 Å². The average molecular weight is 492 g/mol. The van der Waals surface area contributed by atoms with Gasteiger partial charge in [0.2, 0.25) is 0 Å². The topological polar surface area (TPSA) is 55.8 Å². The summed E-state index contributed by atoms with van der Waals surface area (Å²) in [5.74, 6) is 0.175. The Kier molecular flexibility index (Phi) is 7.33. The number of hydrogen-bond donors (Lipinski definition) is 0. The largest absolute Gasteiger partial charge is 0.490 e. The first-order chi connectivity index (χ1) is 14.4. The lowest BCUT2D eigenvalue weighted by Crippen LogP contribution is -2.27. The molecule has 3 rings (SSSR count). The van der Waals surface area contributed by atoms with Crippen molar-refractivity contribution in [1.29, 1.82) is 0 Å². The summed E-state index contributed by atoms with van der Waals surface area (Å²) in [7, 11) is 0. The van der Waals surface area contributed by atoms with Crippen molar-refractivity contribution in [3.63, 3.8) is 0 Å². The standard InChI is InChI=1S/C22H19BrFNO4S/c1-3-9-25-21(26)20(30-22(25)27)11-15-10-18(28-4-2)19(12-16(15)23)29-13-14-7-5-6-8-17(14)24/h3,5-8,10-12H,1,4,9,13H2,2H3/b20-11+. The van der Waals surface area contributed by atoms with Crippen LogP contribution in [-0.4, -0.2) is 29.2 Å². The van der Waals surface area contributed by atoms with Gasteiger partial charge in [0.05, 0.1) is 11.5 Å². The molecule has 156 valence electrons. The minimum Gasteiger partial charge on any atom is -0.490 e. The van der Waals surface area contributed by atoms with Crippen LogP contribution in [0.1, 0.15) is 18.1 Å². The van der Waals surface area contributed by atoms with E-state index in [0.717, 1.165) is 16.7 Å². The van der Waals surface area contributed by atoms with E-state index in [1.54, 1.807) is 36.4 Å². The van der Waals surface area contributed by atoms with Crippen LogP contribution in [0.15, 0.2) is 58.4 Å². The van der Waals surface area contributed by atoms with E-state index in [-0.39, 0.29) is 30.1 Å². The van der Waals surface area contributed by atoms with Gasteiger partial charge >= 0.3 is 0 Å². The fourth-order valence-electron chi connectivity index (χ4n) is 2.74. The maximum Gasteiger partial charge on any atom is 0.293 e. The first kappa shape index (κ1) is 22.1. The van der Waals surface area contributed by atoms with Gasteiger partial charge in [-0.05, 0) is 48.5 Å². The van der Waals surface area contributed by atoms with E-state index in [4.69, 9.17) is 9.47 Å². The van der Waals surface area contributed by atoms with Crippen molar-refractivity contribution in [2.24, 2.45) is 0 Å². The monoisotopic (exact) mass is 491 g/mol. The van der Waals surface area contributed by atoms with Crippen LogP contribution in [0.2, 0.25) is 0 Å². The molecule has 2 aromatic carbocycles. The quantitative estimate of drug-likeness (QED) is 0.345. The number of imide groups is 1. The van der Waals surface area contributed by atoms with E-state index >= 15 is 0 Å². The molecule has 1 fully saturated rings.